The minimum Gasteiger partial charge on any atom is -0.340 e. The van der Waals surface area contributed by atoms with Crippen molar-refractivity contribution in [2.45, 2.75) is 37.5 Å². The van der Waals surface area contributed by atoms with Crippen LogP contribution < -0.4 is 5.32 Å². The number of nitrogens with one attached hydrogen (secondary N) is 1. The van der Waals surface area contributed by atoms with Gasteiger partial charge in [-0.1, -0.05) is 24.4 Å². The van der Waals surface area contributed by atoms with E-state index in [4.69, 9.17) is 11.6 Å². The van der Waals surface area contributed by atoms with Gasteiger partial charge in [-0.25, -0.2) is 8.42 Å². The average Bonchev–Trinajstić information content (AvgIpc) is 3.00. The molecular formula is C20H29ClN4O4S. The summed E-state index contributed by atoms with van der Waals surface area (Å²) in [6, 6.07) is 4.43. The lowest BCUT2D eigenvalue weighted by molar-refractivity contribution is -0.130. The molecule has 0 bridgehead atoms. The monoisotopic (exact) mass is 456 g/mol. The predicted octanol–water partition coefficient (Wildman–Crippen LogP) is 2.01. The van der Waals surface area contributed by atoms with Crippen LogP contribution in [0.2, 0.25) is 5.02 Å². The molecule has 0 radical (unpaired) electrons. The molecule has 0 aromatic heterocycles. The van der Waals surface area contributed by atoms with E-state index in [1.807, 2.05) is 4.90 Å². The summed E-state index contributed by atoms with van der Waals surface area (Å²) in [6.07, 6.45) is 3.78. The van der Waals surface area contributed by atoms with Crippen LogP contribution in [0.15, 0.2) is 23.1 Å². The highest BCUT2D eigenvalue weighted by Crippen LogP contribution is 2.28. The summed E-state index contributed by atoms with van der Waals surface area (Å²) in [7, 11) is -3.63. The zero-order valence-electron chi connectivity index (χ0n) is 17.3. The number of carbonyl (C=O) groups is 2. The van der Waals surface area contributed by atoms with Crippen LogP contribution in [0.25, 0.3) is 0 Å². The predicted molar refractivity (Wildman–Crippen MR) is 116 cm³/mol. The maximum atomic E-state index is 13.0. The first-order valence-corrected chi connectivity index (χ1v) is 12.2. The van der Waals surface area contributed by atoms with Crippen molar-refractivity contribution in [3.63, 3.8) is 0 Å². The van der Waals surface area contributed by atoms with Crippen molar-refractivity contribution in [3.8, 4) is 0 Å². The number of hydrogen-bond donors (Lipinski definition) is 1. The van der Waals surface area contributed by atoms with E-state index in [1.54, 1.807) is 4.90 Å². The minimum atomic E-state index is -3.63. The van der Waals surface area contributed by atoms with Gasteiger partial charge in [-0.05, 0) is 31.0 Å². The quantitative estimate of drug-likeness (QED) is 0.731. The van der Waals surface area contributed by atoms with Crippen LogP contribution in [0, 0.1) is 0 Å². The van der Waals surface area contributed by atoms with Crippen molar-refractivity contribution in [1.82, 2.24) is 14.1 Å². The van der Waals surface area contributed by atoms with Gasteiger partial charge in [-0.3, -0.25) is 14.5 Å². The first-order chi connectivity index (χ1) is 14.3. The Kier molecular flexibility index (Phi) is 7.73. The Morgan fingerprint density at radius 2 is 1.63 bits per heavy atom. The molecule has 1 N–H and O–H groups in total. The number of hydrogen-bond acceptors (Lipinski definition) is 5. The number of benzene rings is 1. The summed E-state index contributed by atoms with van der Waals surface area (Å²) in [5.74, 6) is -0.231. The van der Waals surface area contributed by atoms with E-state index < -0.39 is 10.0 Å². The lowest BCUT2D eigenvalue weighted by Gasteiger charge is -2.33. The van der Waals surface area contributed by atoms with Crippen molar-refractivity contribution >= 4 is 39.1 Å². The van der Waals surface area contributed by atoms with Crippen molar-refractivity contribution < 1.29 is 18.0 Å². The van der Waals surface area contributed by atoms with Crippen molar-refractivity contribution in [3.05, 3.63) is 23.2 Å². The Hall–Kier alpha value is -1.68. The molecule has 10 heteroatoms. The molecule has 3 rings (SSSR count). The first kappa shape index (κ1) is 23.0. The second kappa shape index (κ2) is 10.1. The molecule has 0 aliphatic carbocycles. The van der Waals surface area contributed by atoms with Crippen LogP contribution in [0.5, 0.6) is 0 Å². The second-order valence-electron chi connectivity index (χ2n) is 7.79. The molecule has 2 amide bonds. The van der Waals surface area contributed by atoms with Gasteiger partial charge < -0.3 is 10.2 Å². The largest absolute Gasteiger partial charge is 0.340 e. The maximum absolute atomic E-state index is 13.0. The highest BCUT2D eigenvalue weighted by molar-refractivity contribution is 7.89. The number of carbonyl (C=O) groups excluding carboxylic acids is 2. The fourth-order valence-corrected chi connectivity index (χ4v) is 5.51. The van der Waals surface area contributed by atoms with Gasteiger partial charge >= 0.3 is 0 Å². The molecule has 2 fully saturated rings. The lowest BCUT2D eigenvalue weighted by atomic mass is 10.2. The fraction of sp³-hybridized carbons (Fsp3) is 0.600. The first-order valence-electron chi connectivity index (χ1n) is 10.3. The van der Waals surface area contributed by atoms with Gasteiger partial charge in [-0.2, -0.15) is 4.31 Å². The highest BCUT2D eigenvalue weighted by Gasteiger charge is 2.26. The number of rotatable bonds is 5. The van der Waals surface area contributed by atoms with Crippen LogP contribution in [0.3, 0.4) is 0 Å². The number of piperazine rings is 1. The maximum Gasteiger partial charge on any atom is 0.243 e. The van der Waals surface area contributed by atoms with E-state index in [2.05, 4.69) is 5.32 Å². The number of amides is 2. The fourth-order valence-electron chi connectivity index (χ4n) is 3.81. The normalized spacial score (nSPS) is 19.3. The van der Waals surface area contributed by atoms with Gasteiger partial charge in [0.15, 0.2) is 0 Å². The molecule has 2 saturated heterocycles. The topological polar surface area (TPSA) is 90.0 Å². The van der Waals surface area contributed by atoms with Crippen molar-refractivity contribution in [2.24, 2.45) is 0 Å². The number of anilines is 1. The molecule has 2 aliphatic heterocycles. The van der Waals surface area contributed by atoms with Gasteiger partial charge in [0.05, 0.1) is 22.2 Å². The van der Waals surface area contributed by atoms with E-state index in [-0.39, 0.29) is 23.3 Å². The van der Waals surface area contributed by atoms with Crippen LogP contribution in [0.4, 0.5) is 5.69 Å². The Labute approximate surface area is 183 Å². The molecule has 166 valence electrons. The molecule has 0 spiro atoms. The number of nitrogens with zero attached hydrogens (tertiary/aromatic N) is 3. The number of halogens is 1. The van der Waals surface area contributed by atoms with Crippen LogP contribution in [0.1, 0.15) is 32.6 Å². The molecule has 8 nitrogen and oxygen atoms in total. The molecule has 0 saturated carbocycles. The smallest absolute Gasteiger partial charge is 0.243 e. The van der Waals surface area contributed by atoms with Gasteiger partial charge in [0.1, 0.15) is 0 Å². The minimum absolute atomic E-state index is 0.0355. The summed E-state index contributed by atoms with van der Waals surface area (Å²) in [5.41, 5.74) is 0.292. The Morgan fingerprint density at radius 1 is 1.00 bits per heavy atom. The molecule has 1 aromatic rings. The zero-order valence-corrected chi connectivity index (χ0v) is 18.8. The molecular weight excluding hydrogens is 428 g/mol. The van der Waals surface area contributed by atoms with Crippen molar-refractivity contribution in [1.29, 1.82) is 0 Å². The summed E-state index contributed by atoms with van der Waals surface area (Å²) in [6.45, 7) is 5.13. The van der Waals surface area contributed by atoms with Crippen LogP contribution in [-0.2, 0) is 19.6 Å². The lowest BCUT2D eigenvalue weighted by Crippen LogP contribution is -2.49. The third-order valence-corrected chi connectivity index (χ3v) is 7.82. The average molecular weight is 457 g/mol. The summed E-state index contributed by atoms with van der Waals surface area (Å²) in [5, 5.41) is 3.03. The molecule has 1 aromatic carbocycles. The molecule has 0 atom stereocenters. The van der Waals surface area contributed by atoms with E-state index in [1.165, 1.54) is 29.4 Å². The Morgan fingerprint density at radius 3 is 2.23 bits per heavy atom. The number of sulfonamides is 1. The molecule has 30 heavy (non-hydrogen) atoms. The molecule has 0 unspecified atom stereocenters. The third-order valence-electron chi connectivity index (χ3n) is 5.60. The Bertz CT molecular complexity index is 877. The van der Waals surface area contributed by atoms with Gasteiger partial charge in [-0.15, -0.1) is 0 Å². The Balaban J connectivity index is 1.65. The van der Waals surface area contributed by atoms with E-state index in [9.17, 15) is 18.0 Å². The van der Waals surface area contributed by atoms with Gasteiger partial charge in [0.25, 0.3) is 0 Å². The van der Waals surface area contributed by atoms with E-state index in [0.29, 0.717) is 50.0 Å². The SMILES string of the molecule is CC(=O)N1CCN(CC(=O)Nc2cc(S(=O)(=O)N3CCCCCC3)ccc2Cl)CC1. The standard InChI is InChI=1S/C20H29ClN4O4S/c1-16(26)24-12-10-23(11-13-24)15-20(27)22-19-14-17(6-7-18(19)21)30(28,29)25-8-4-2-3-5-9-25/h6-7,14H,2-5,8-13,15H2,1H3,(H,22,27). The van der Waals surface area contributed by atoms with Crippen molar-refractivity contribution in [2.75, 3.05) is 51.1 Å². The zero-order chi connectivity index (χ0) is 21.7. The van der Waals surface area contributed by atoms with E-state index >= 15 is 0 Å². The van der Waals surface area contributed by atoms with Crippen LogP contribution >= 0.6 is 11.6 Å². The molecule has 2 aliphatic rings. The van der Waals surface area contributed by atoms with E-state index in [0.717, 1.165) is 25.7 Å². The highest BCUT2D eigenvalue weighted by atomic mass is 35.5. The summed E-state index contributed by atoms with van der Waals surface area (Å²) in [4.78, 5) is 27.8. The van der Waals surface area contributed by atoms with Gasteiger partial charge in [0.2, 0.25) is 21.8 Å². The third kappa shape index (κ3) is 5.72. The summed E-state index contributed by atoms with van der Waals surface area (Å²) < 4.78 is 27.6. The summed E-state index contributed by atoms with van der Waals surface area (Å²) >= 11 is 6.22. The molecule has 2 heterocycles. The second-order valence-corrected chi connectivity index (χ2v) is 10.1. The van der Waals surface area contributed by atoms with Crippen LogP contribution in [-0.4, -0.2) is 80.2 Å². The van der Waals surface area contributed by atoms with Gasteiger partial charge in [0, 0.05) is 46.2 Å².